The molecule has 104 valence electrons. The zero-order valence-corrected chi connectivity index (χ0v) is 12.0. The van der Waals surface area contributed by atoms with E-state index in [0.717, 1.165) is 30.8 Å². The van der Waals surface area contributed by atoms with Gasteiger partial charge in [0.1, 0.15) is 5.82 Å². The van der Waals surface area contributed by atoms with Gasteiger partial charge in [-0.2, -0.15) is 0 Å². The standard InChI is InChI=1S/C17H20N2O/c1-12-7-8-16-14(11-12)5-4-10-19(16)17-15(13(2)20)6-3-9-18-17/h3,6-9,11,13,20H,4-5,10H2,1-2H3. The van der Waals surface area contributed by atoms with Crippen LogP contribution in [0.2, 0.25) is 0 Å². The van der Waals surface area contributed by atoms with E-state index in [1.165, 1.54) is 16.8 Å². The van der Waals surface area contributed by atoms with Gasteiger partial charge in [0, 0.05) is 24.0 Å². The van der Waals surface area contributed by atoms with Gasteiger partial charge in [-0.3, -0.25) is 0 Å². The van der Waals surface area contributed by atoms with Crippen molar-refractivity contribution in [3.8, 4) is 0 Å². The van der Waals surface area contributed by atoms with Gasteiger partial charge in [0.05, 0.1) is 6.10 Å². The van der Waals surface area contributed by atoms with Crippen molar-refractivity contribution in [1.82, 2.24) is 4.98 Å². The summed E-state index contributed by atoms with van der Waals surface area (Å²) in [5.41, 5.74) is 4.78. The van der Waals surface area contributed by atoms with E-state index in [9.17, 15) is 5.11 Å². The van der Waals surface area contributed by atoms with E-state index < -0.39 is 6.10 Å². The summed E-state index contributed by atoms with van der Waals surface area (Å²) in [7, 11) is 0. The SMILES string of the molecule is Cc1ccc2c(c1)CCCN2c1ncccc1C(C)O. The molecule has 3 rings (SSSR count). The predicted octanol–water partition coefficient (Wildman–Crippen LogP) is 3.53. The molecule has 0 spiro atoms. The number of hydrogen-bond acceptors (Lipinski definition) is 3. The van der Waals surface area contributed by atoms with Crippen molar-refractivity contribution < 1.29 is 5.11 Å². The summed E-state index contributed by atoms with van der Waals surface area (Å²) in [5, 5.41) is 9.96. The molecule has 3 nitrogen and oxygen atoms in total. The molecule has 0 fully saturated rings. The lowest BCUT2D eigenvalue weighted by atomic mass is 9.99. The van der Waals surface area contributed by atoms with Crippen molar-refractivity contribution in [2.45, 2.75) is 32.8 Å². The van der Waals surface area contributed by atoms with Crippen molar-refractivity contribution in [1.29, 1.82) is 0 Å². The summed E-state index contributed by atoms with van der Waals surface area (Å²) in [6.45, 7) is 4.87. The van der Waals surface area contributed by atoms with Crippen LogP contribution in [0.4, 0.5) is 11.5 Å². The molecule has 1 unspecified atom stereocenters. The Kier molecular flexibility index (Phi) is 3.45. The van der Waals surface area contributed by atoms with Gasteiger partial charge in [0.15, 0.2) is 0 Å². The second kappa shape index (κ2) is 5.25. The number of fused-ring (bicyclic) bond motifs is 1. The Labute approximate surface area is 119 Å². The molecule has 0 bridgehead atoms. The number of pyridine rings is 1. The van der Waals surface area contributed by atoms with Gasteiger partial charge in [-0.1, -0.05) is 23.8 Å². The predicted molar refractivity (Wildman–Crippen MR) is 81.4 cm³/mol. The van der Waals surface area contributed by atoms with Gasteiger partial charge in [-0.25, -0.2) is 4.98 Å². The number of aliphatic hydroxyl groups excluding tert-OH is 1. The Bertz CT molecular complexity index is 622. The largest absolute Gasteiger partial charge is 0.389 e. The van der Waals surface area contributed by atoms with Gasteiger partial charge in [0.2, 0.25) is 0 Å². The smallest absolute Gasteiger partial charge is 0.138 e. The molecule has 1 aliphatic rings. The van der Waals surface area contributed by atoms with Crippen molar-refractivity contribution in [2.24, 2.45) is 0 Å². The van der Waals surface area contributed by atoms with Gasteiger partial charge in [-0.15, -0.1) is 0 Å². The minimum atomic E-state index is -0.505. The molecule has 1 aromatic carbocycles. The lowest BCUT2D eigenvalue weighted by Crippen LogP contribution is -2.26. The molecule has 0 aliphatic carbocycles. The highest BCUT2D eigenvalue weighted by molar-refractivity contribution is 5.68. The monoisotopic (exact) mass is 268 g/mol. The molecule has 3 heteroatoms. The molecule has 2 aromatic rings. The van der Waals surface area contributed by atoms with Crippen LogP contribution in [0, 0.1) is 6.92 Å². The second-order valence-electron chi connectivity index (χ2n) is 5.48. The highest BCUT2D eigenvalue weighted by atomic mass is 16.3. The topological polar surface area (TPSA) is 36.4 Å². The number of rotatable bonds is 2. The quantitative estimate of drug-likeness (QED) is 0.905. The molecule has 20 heavy (non-hydrogen) atoms. The number of aromatic nitrogens is 1. The number of aliphatic hydroxyl groups is 1. The average Bonchev–Trinajstić information content (AvgIpc) is 2.46. The Balaban J connectivity index is 2.09. The van der Waals surface area contributed by atoms with Crippen LogP contribution in [0.15, 0.2) is 36.5 Å². The van der Waals surface area contributed by atoms with Gasteiger partial charge in [0.25, 0.3) is 0 Å². The van der Waals surface area contributed by atoms with E-state index in [-0.39, 0.29) is 0 Å². The van der Waals surface area contributed by atoms with E-state index >= 15 is 0 Å². The first-order chi connectivity index (χ1) is 9.66. The van der Waals surface area contributed by atoms with Crippen molar-refractivity contribution in [3.05, 3.63) is 53.2 Å². The van der Waals surface area contributed by atoms with Crippen LogP contribution in [0.5, 0.6) is 0 Å². The van der Waals surface area contributed by atoms with Crippen molar-refractivity contribution in [2.75, 3.05) is 11.4 Å². The molecular formula is C17H20N2O. The molecule has 1 atom stereocenters. The third kappa shape index (κ3) is 2.29. The molecule has 1 N–H and O–H groups in total. The number of benzene rings is 1. The highest BCUT2D eigenvalue weighted by Crippen LogP contribution is 2.36. The zero-order valence-electron chi connectivity index (χ0n) is 12.0. The molecule has 0 saturated heterocycles. The maximum atomic E-state index is 9.96. The fraction of sp³-hybridized carbons (Fsp3) is 0.353. The summed E-state index contributed by atoms with van der Waals surface area (Å²) in [6.07, 6.45) is 3.52. The summed E-state index contributed by atoms with van der Waals surface area (Å²) in [4.78, 5) is 6.75. The summed E-state index contributed by atoms with van der Waals surface area (Å²) in [6, 6.07) is 10.4. The van der Waals surface area contributed by atoms with Crippen LogP contribution < -0.4 is 4.90 Å². The van der Waals surface area contributed by atoms with E-state index in [2.05, 4.69) is 35.0 Å². The van der Waals surface area contributed by atoms with Crippen LogP contribution in [0.3, 0.4) is 0 Å². The third-order valence-corrected chi connectivity index (χ3v) is 3.88. The molecule has 1 aromatic heterocycles. The Morgan fingerprint density at radius 2 is 2.15 bits per heavy atom. The van der Waals surface area contributed by atoms with Crippen LogP contribution in [-0.4, -0.2) is 16.6 Å². The van der Waals surface area contributed by atoms with Crippen molar-refractivity contribution in [3.63, 3.8) is 0 Å². The van der Waals surface area contributed by atoms with Gasteiger partial charge >= 0.3 is 0 Å². The van der Waals surface area contributed by atoms with Crippen LogP contribution in [0.25, 0.3) is 0 Å². The lowest BCUT2D eigenvalue weighted by molar-refractivity contribution is 0.199. The average molecular weight is 268 g/mol. The Hall–Kier alpha value is -1.87. The fourth-order valence-electron chi connectivity index (χ4n) is 2.91. The van der Waals surface area contributed by atoms with Gasteiger partial charge in [-0.05, 0) is 44.4 Å². The normalized spacial score (nSPS) is 15.8. The Morgan fingerprint density at radius 1 is 1.30 bits per heavy atom. The third-order valence-electron chi connectivity index (χ3n) is 3.88. The molecule has 1 aliphatic heterocycles. The second-order valence-corrected chi connectivity index (χ2v) is 5.48. The minimum Gasteiger partial charge on any atom is -0.389 e. The first kappa shape index (κ1) is 13.1. The van der Waals surface area contributed by atoms with E-state index in [0.29, 0.717) is 0 Å². The van der Waals surface area contributed by atoms with Crippen LogP contribution in [0.1, 0.15) is 36.1 Å². The molecule has 0 radical (unpaired) electrons. The first-order valence-electron chi connectivity index (χ1n) is 7.17. The fourth-order valence-corrected chi connectivity index (χ4v) is 2.91. The van der Waals surface area contributed by atoms with Crippen molar-refractivity contribution >= 4 is 11.5 Å². The summed E-state index contributed by atoms with van der Waals surface area (Å²) < 4.78 is 0. The Morgan fingerprint density at radius 3 is 2.95 bits per heavy atom. The van der Waals surface area contributed by atoms with E-state index in [1.54, 1.807) is 13.1 Å². The molecule has 0 amide bonds. The summed E-state index contributed by atoms with van der Waals surface area (Å²) in [5.74, 6) is 0.882. The van der Waals surface area contributed by atoms with E-state index in [4.69, 9.17) is 0 Å². The van der Waals surface area contributed by atoms with E-state index in [1.807, 2.05) is 12.1 Å². The number of aryl methyl sites for hydroxylation is 2. The zero-order chi connectivity index (χ0) is 14.1. The number of anilines is 2. The minimum absolute atomic E-state index is 0.505. The molecular weight excluding hydrogens is 248 g/mol. The molecule has 0 saturated carbocycles. The number of nitrogens with zero attached hydrogens (tertiary/aromatic N) is 2. The van der Waals surface area contributed by atoms with Crippen LogP contribution >= 0.6 is 0 Å². The summed E-state index contributed by atoms with van der Waals surface area (Å²) >= 11 is 0. The maximum absolute atomic E-state index is 9.96. The van der Waals surface area contributed by atoms with Gasteiger partial charge < -0.3 is 10.0 Å². The lowest BCUT2D eigenvalue weighted by Gasteiger charge is -2.32. The number of hydrogen-bond donors (Lipinski definition) is 1. The highest BCUT2D eigenvalue weighted by Gasteiger charge is 2.22. The first-order valence-corrected chi connectivity index (χ1v) is 7.17. The molecule has 2 heterocycles. The maximum Gasteiger partial charge on any atom is 0.138 e. The van der Waals surface area contributed by atoms with Crippen LogP contribution in [-0.2, 0) is 6.42 Å².